The number of hydrogen-bond donors (Lipinski definition) is 1. The number of likely N-dealkylation sites (tertiary alicyclic amines) is 1. The molecule has 2 aliphatic heterocycles. The smallest absolute Gasteiger partial charge is 0.269 e. The molecule has 10 nitrogen and oxygen atoms in total. The molecule has 0 unspecified atom stereocenters. The van der Waals surface area contributed by atoms with E-state index in [9.17, 15) is 9.59 Å². The van der Waals surface area contributed by atoms with Gasteiger partial charge in [0.05, 0.1) is 24.4 Å². The summed E-state index contributed by atoms with van der Waals surface area (Å²) in [6, 6.07) is 7.41. The summed E-state index contributed by atoms with van der Waals surface area (Å²) in [4.78, 5) is 42.7. The Morgan fingerprint density at radius 2 is 1.95 bits per heavy atom. The first-order valence-electron chi connectivity index (χ1n) is 15.5. The number of ketones is 1. The van der Waals surface area contributed by atoms with Crippen LogP contribution in [0.4, 0.5) is 0 Å². The fourth-order valence-corrected chi connectivity index (χ4v) is 5.90. The summed E-state index contributed by atoms with van der Waals surface area (Å²) in [6.45, 7) is 8.90. The second-order valence-corrected chi connectivity index (χ2v) is 11.7. The van der Waals surface area contributed by atoms with Gasteiger partial charge in [0.2, 0.25) is 5.89 Å². The number of Topliss-reactive ketones (excluding diaryl/α,β-unsaturated/α-hetero) is 1. The first-order valence-corrected chi connectivity index (χ1v) is 15.5. The number of oxime groups is 1. The average molecular weight is 590 g/mol. The lowest BCUT2D eigenvalue weighted by Crippen LogP contribution is -2.45. The molecule has 1 aromatic carbocycles. The van der Waals surface area contributed by atoms with E-state index < -0.39 is 11.6 Å². The highest BCUT2D eigenvalue weighted by Gasteiger charge is 2.43. The predicted molar refractivity (Wildman–Crippen MR) is 165 cm³/mol. The summed E-state index contributed by atoms with van der Waals surface area (Å²) >= 11 is 0. The molecule has 2 aliphatic rings. The Kier molecular flexibility index (Phi) is 9.75. The van der Waals surface area contributed by atoms with E-state index in [1.54, 1.807) is 13.3 Å². The molecule has 0 saturated carbocycles. The predicted octanol–water partition coefficient (Wildman–Crippen LogP) is 5.92. The molecule has 0 bridgehead atoms. The topological polar surface area (TPSA) is 119 Å². The van der Waals surface area contributed by atoms with E-state index in [0.29, 0.717) is 48.8 Å². The Balaban J connectivity index is 1.32. The van der Waals surface area contributed by atoms with E-state index in [4.69, 9.17) is 14.0 Å². The van der Waals surface area contributed by atoms with Crippen LogP contribution in [-0.2, 0) is 14.4 Å². The van der Waals surface area contributed by atoms with Gasteiger partial charge in [-0.2, -0.15) is 0 Å². The van der Waals surface area contributed by atoms with Gasteiger partial charge in [-0.25, -0.2) is 4.98 Å². The molecule has 0 aliphatic carbocycles. The van der Waals surface area contributed by atoms with Crippen molar-refractivity contribution in [2.75, 3.05) is 26.7 Å². The number of methoxy groups -OCH3 is 1. The summed E-state index contributed by atoms with van der Waals surface area (Å²) in [7, 11) is 1.62. The van der Waals surface area contributed by atoms with Crippen LogP contribution in [0.1, 0.15) is 89.3 Å². The number of nitrogens with one attached hydrogen (secondary N) is 1. The number of carbonyl (C=O) groups excluding carboxylic acids is 2. The van der Waals surface area contributed by atoms with Gasteiger partial charge in [-0.15, -0.1) is 0 Å². The molecule has 2 aromatic heterocycles. The molecule has 1 fully saturated rings. The van der Waals surface area contributed by atoms with Gasteiger partial charge in [0.25, 0.3) is 5.91 Å². The maximum Gasteiger partial charge on any atom is 0.269 e. The molecule has 0 radical (unpaired) electrons. The number of unbranched alkanes of at least 4 members (excludes halogenated alkanes) is 2. The van der Waals surface area contributed by atoms with Crippen molar-refractivity contribution in [1.82, 2.24) is 20.2 Å². The fraction of sp³-hybridized carbons (Fsp3) is 0.545. The van der Waals surface area contributed by atoms with Crippen molar-refractivity contribution in [2.24, 2.45) is 5.16 Å². The number of pyridine rings is 1. The van der Waals surface area contributed by atoms with E-state index in [2.05, 4.69) is 32.3 Å². The van der Waals surface area contributed by atoms with Crippen LogP contribution in [0.2, 0.25) is 0 Å². The quantitative estimate of drug-likeness (QED) is 0.244. The summed E-state index contributed by atoms with van der Waals surface area (Å²) in [5.74, 6) is 1.61. The van der Waals surface area contributed by atoms with E-state index >= 15 is 0 Å². The van der Waals surface area contributed by atoms with E-state index in [-0.39, 0.29) is 11.7 Å². The molecule has 5 rings (SSSR count). The number of amides is 1. The van der Waals surface area contributed by atoms with Gasteiger partial charge in [-0.1, -0.05) is 37.9 Å². The number of fused-ring (bicyclic) bond motifs is 1. The van der Waals surface area contributed by atoms with Crippen LogP contribution in [0.5, 0.6) is 5.75 Å². The lowest BCUT2D eigenvalue weighted by molar-refractivity contribution is -0.119. The second kappa shape index (κ2) is 13.7. The maximum atomic E-state index is 13.5. The van der Waals surface area contributed by atoms with E-state index in [1.807, 2.05) is 38.1 Å². The third-order valence-electron chi connectivity index (χ3n) is 8.70. The normalized spacial score (nSPS) is 17.1. The molecule has 1 atom stereocenters. The standard InChI is InChI=1S/C33H43N5O5/c1-5-24(39)10-8-7-9-11-26(36-31(40)28-20-33(43-37-28)14-16-38(6-2)17-15-33)32-34-21-30(42-32)25-18-23-13-12-22(3)35-27(23)19-29(25)41-4/h12-13,18-19,21,26H,5-11,14-17,20H2,1-4H3,(H,36,40)/t26-/m0/s1. The molecular formula is C33H43N5O5. The SMILES string of the molecule is CCC(=O)CCCCC[C@H](NC(=O)C1=NOC2(CCN(CC)CC2)C1)c1ncc(-c2cc3ccc(C)nc3cc2OC)o1. The largest absolute Gasteiger partial charge is 0.496 e. The Hall–Kier alpha value is -3.79. The first kappa shape index (κ1) is 30.7. The zero-order chi connectivity index (χ0) is 30.4. The summed E-state index contributed by atoms with van der Waals surface area (Å²) in [6.07, 6.45) is 8.15. The van der Waals surface area contributed by atoms with E-state index in [0.717, 1.165) is 73.9 Å². The highest BCUT2D eigenvalue weighted by molar-refractivity contribution is 6.39. The van der Waals surface area contributed by atoms with Gasteiger partial charge in [-0.05, 0) is 38.4 Å². The molecule has 1 amide bonds. The van der Waals surface area contributed by atoms with Crippen LogP contribution < -0.4 is 10.1 Å². The fourth-order valence-electron chi connectivity index (χ4n) is 5.90. The van der Waals surface area contributed by atoms with Gasteiger partial charge < -0.3 is 24.2 Å². The molecule has 3 aromatic rings. The minimum atomic E-state index is -0.458. The van der Waals surface area contributed by atoms with Gasteiger partial charge in [0.1, 0.15) is 28.9 Å². The average Bonchev–Trinajstić information content (AvgIpc) is 3.68. The molecule has 10 heteroatoms. The number of rotatable bonds is 13. The summed E-state index contributed by atoms with van der Waals surface area (Å²) < 4.78 is 12.0. The van der Waals surface area contributed by atoms with Gasteiger partial charge in [-0.3, -0.25) is 14.6 Å². The summed E-state index contributed by atoms with van der Waals surface area (Å²) in [5, 5.41) is 8.33. The molecule has 1 spiro atoms. The van der Waals surface area contributed by atoms with Gasteiger partial charge in [0, 0.05) is 62.3 Å². The zero-order valence-electron chi connectivity index (χ0n) is 25.8. The molecule has 230 valence electrons. The number of hydrogen-bond acceptors (Lipinski definition) is 9. The van der Waals surface area contributed by atoms with Crippen molar-refractivity contribution < 1.29 is 23.6 Å². The number of nitrogens with zero attached hydrogens (tertiary/aromatic N) is 4. The highest BCUT2D eigenvalue weighted by atomic mass is 16.7. The lowest BCUT2D eigenvalue weighted by atomic mass is 9.86. The van der Waals surface area contributed by atoms with E-state index in [1.165, 1.54) is 0 Å². The Morgan fingerprint density at radius 3 is 2.70 bits per heavy atom. The van der Waals surface area contributed by atoms with Crippen LogP contribution in [-0.4, -0.2) is 64.6 Å². The second-order valence-electron chi connectivity index (χ2n) is 11.7. The lowest BCUT2D eigenvalue weighted by Gasteiger charge is -2.36. The molecule has 43 heavy (non-hydrogen) atoms. The number of aryl methyl sites for hydroxylation is 1. The molecular weight excluding hydrogens is 546 g/mol. The number of carbonyl (C=O) groups is 2. The van der Waals surface area contributed by atoms with Crippen molar-refractivity contribution >= 4 is 28.3 Å². The van der Waals surface area contributed by atoms with Gasteiger partial charge >= 0.3 is 0 Å². The third kappa shape index (κ3) is 7.24. The van der Waals surface area contributed by atoms with Crippen molar-refractivity contribution in [1.29, 1.82) is 0 Å². The van der Waals surface area contributed by atoms with Crippen LogP contribution in [0.3, 0.4) is 0 Å². The van der Waals surface area contributed by atoms with Crippen molar-refractivity contribution in [3.8, 4) is 17.1 Å². The monoisotopic (exact) mass is 589 g/mol. The highest BCUT2D eigenvalue weighted by Crippen LogP contribution is 2.37. The van der Waals surface area contributed by atoms with Crippen LogP contribution >= 0.6 is 0 Å². The van der Waals surface area contributed by atoms with Crippen LogP contribution in [0, 0.1) is 6.92 Å². The number of piperidine rings is 1. The van der Waals surface area contributed by atoms with Crippen molar-refractivity contribution in [2.45, 2.75) is 90.2 Å². The number of oxazole rings is 1. The van der Waals surface area contributed by atoms with Crippen LogP contribution in [0.15, 0.2) is 40.0 Å². The van der Waals surface area contributed by atoms with Gasteiger partial charge in [0.15, 0.2) is 5.76 Å². The minimum Gasteiger partial charge on any atom is -0.496 e. The number of aromatic nitrogens is 2. The minimum absolute atomic E-state index is 0.259. The Bertz CT molecular complexity index is 1470. The Labute approximate surface area is 253 Å². The van der Waals surface area contributed by atoms with Crippen LogP contribution in [0.25, 0.3) is 22.2 Å². The molecule has 4 heterocycles. The Morgan fingerprint density at radius 1 is 1.14 bits per heavy atom. The third-order valence-corrected chi connectivity index (χ3v) is 8.70. The first-order chi connectivity index (χ1) is 20.8. The molecule has 1 N–H and O–H groups in total. The maximum absolute atomic E-state index is 13.5. The van der Waals surface area contributed by atoms with Crippen molar-refractivity contribution in [3.05, 3.63) is 42.0 Å². The zero-order valence-corrected chi connectivity index (χ0v) is 25.8. The van der Waals surface area contributed by atoms with Crippen molar-refractivity contribution in [3.63, 3.8) is 0 Å². The molecule has 1 saturated heterocycles. The number of ether oxygens (including phenoxy) is 1. The number of benzene rings is 1. The summed E-state index contributed by atoms with van der Waals surface area (Å²) in [5.41, 5.74) is 2.54.